The normalized spacial score (nSPS) is 19.6. The number of nitrogens with zero attached hydrogens (tertiary/aromatic N) is 4. The molecule has 0 unspecified atom stereocenters. The van der Waals surface area contributed by atoms with Gasteiger partial charge in [-0.15, -0.1) is 0 Å². The molecule has 17 heteroatoms. The molecule has 8 rings (SSSR count). The van der Waals surface area contributed by atoms with Crippen molar-refractivity contribution >= 4 is 61.2 Å². The SMILES string of the molecule is C[C@@H]1CN(c2ccc(C(=O)NS(=O)(=O)c3ccc(NC[C@H]4COCCO4)c([N+](=O)[O-])c3)c(Oc3cnc4[nH]ccc4c3)c2)CCN1CC1=C(c2ccc(Cl)cc2)CC(C)(C)CC1. The molecule has 0 radical (unpaired) electrons. The Balaban J connectivity index is 1.02. The number of rotatable bonds is 13. The summed E-state index contributed by atoms with van der Waals surface area (Å²) in [6.07, 6.45) is 6.12. The van der Waals surface area contributed by atoms with Crippen molar-refractivity contribution in [1.29, 1.82) is 0 Å². The maximum Gasteiger partial charge on any atom is 0.293 e. The van der Waals surface area contributed by atoms with Gasteiger partial charge in [-0.1, -0.05) is 43.2 Å². The van der Waals surface area contributed by atoms with E-state index in [1.54, 1.807) is 24.4 Å². The van der Waals surface area contributed by atoms with E-state index in [2.05, 4.69) is 62.7 Å². The third-order valence-electron chi connectivity index (χ3n) is 11.8. The van der Waals surface area contributed by atoms with Gasteiger partial charge in [0.25, 0.3) is 21.6 Å². The Labute approximate surface area is 365 Å². The van der Waals surface area contributed by atoms with Crippen LogP contribution in [-0.4, -0.2) is 98.8 Å². The number of nitro groups is 1. The summed E-state index contributed by atoms with van der Waals surface area (Å²) in [5, 5.41) is 16.5. The minimum atomic E-state index is -4.59. The number of nitrogens with one attached hydrogen (secondary N) is 3. The predicted octanol–water partition coefficient (Wildman–Crippen LogP) is 8.04. The summed E-state index contributed by atoms with van der Waals surface area (Å²) in [5.74, 6) is -0.516. The molecule has 4 heterocycles. The van der Waals surface area contributed by atoms with E-state index < -0.39 is 31.4 Å². The van der Waals surface area contributed by atoms with E-state index in [0.29, 0.717) is 44.3 Å². The second kappa shape index (κ2) is 18.1. The van der Waals surface area contributed by atoms with Crippen molar-refractivity contribution in [2.45, 2.75) is 57.1 Å². The average molecular weight is 884 g/mol. The number of aromatic amines is 1. The van der Waals surface area contributed by atoms with Crippen LogP contribution in [0.5, 0.6) is 11.5 Å². The van der Waals surface area contributed by atoms with Crippen molar-refractivity contribution in [3.05, 3.63) is 117 Å². The van der Waals surface area contributed by atoms with Gasteiger partial charge in [0.1, 0.15) is 22.8 Å². The fourth-order valence-electron chi connectivity index (χ4n) is 8.35. The summed E-state index contributed by atoms with van der Waals surface area (Å²) in [5.41, 5.74) is 5.32. The first-order valence-corrected chi connectivity index (χ1v) is 22.6. The molecule has 62 heavy (non-hydrogen) atoms. The van der Waals surface area contributed by atoms with Crippen LogP contribution in [0.1, 0.15) is 56.0 Å². The number of hydrogen-bond acceptors (Lipinski definition) is 12. The van der Waals surface area contributed by atoms with Gasteiger partial charge < -0.3 is 29.4 Å². The molecular formula is C45H50ClN7O8S. The Morgan fingerprint density at radius 3 is 2.66 bits per heavy atom. The number of allylic oxidation sites excluding steroid dienone is 1. The fraction of sp³-hybridized carbons (Fsp3) is 0.378. The highest BCUT2D eigenvalue weighted by Gasteiger charge is 2.32. The van der Waals surface area contributed by atoms with Crippen molar-refractivity contribution in [1.82, 2.24) is 19.6 Å². The molecule has 5 aromatic rings. The average Bonchev–Trinajstić information content (AvgIpc) is 3.72. The molecule has 2 aromatic heterocycles. The van der Waals surface area contributed by atoms with Crippen LogP contribution in [0.3, 0.4) is 0 Å². The van der Waals surface area contributed by atoms with Gasteiger partial charge in [0.2, 0.25) is 0 Å². The molecule has 2 atom stereocenters. The zero-order valence-corrected chi connectivity index (χ0v) is 36.4. The molecule has 0 bridgehead atoms. The Morgan fingerprint density at radius 1 is 1.08 bits per heavy atom. The van der Waals surface area contributed by atoms with Crippen LogP contribution in [-0.2, 0) is 19.5 Å². The van der Waals surface area contributed by atoms with Crippen molar-refractivity contribution in [3.63, 3.8) is 0 Å². The quantitative estimate of drug-likeness (QED) is 0.0766. The second-order valence-electron chi connectivity index (χ2n) is 16.9. The van der Waals surface area contributed by atoms with Gasteiger partial charge >= 0.3 is 0 Å². The summed E-state index contributed by atoms with van der Waals surface area (Å²) in [7, 11) is -4.59. The number of piperazine rings is 1. The van der Waals surface area contributed by atoms with Crippen LogP contribution in [0.15, 0.2) is 95.7 Å². The smallest absolute Gasteiger partial charge is 0.293 e. The molecule has 15 nitrogen and oxygen atoms in total. The third-order valence-corrected chi connectivity index (χ3v) is 13.4. The summed E-state index contributed by atoms with van der Waals surface area (Å²) in [4.78, 5) is 37.1. The minimum Gasteiger partial charge on any atom is -0.455 e. The lowest BCUT2D eigenvalue weighted by Gasteiger charge is -2.43. The summed E-state index contributed by atoms with van der Waals surface area (Å²) >= 11 is 6.25. The first-order valence-electron chi connectivity index (χ1n) is 20.7. The number of fused-ring (bicyclic) bond motifs is 1. The molecule has 2 fully saturated rings. The van der Waals surface area contributed by atoms with E-state index in [9.17, 15) is 23.3 Å². The Kier molecular flexibility index (Phi) is 12.6. The predicted molar refractivity (Wildman–Crippen MR) is 239 cm³/mol. The van der Waals surface area contributed by atoms with Gasteiger partial charge in [0.15, 0.2) is 0 Å². The number of H-pyrrole nitrogens is 1. The highest BCUT2D eigenvalue weighted by molar-refractivity contribution is 7.90. The van der Waals surface area contributed by atoms with Crippen molar-refractivity contribution in [2.75, 3.05) is 62.8 Å². The van der Waals surface area contributed by atoms with Crippen LogP contribution in [0, 0.1) is 15.5 Å². The molecule has 2 aliphatic heterocycles. The van der Waals surface area contributed by atoms with Crippen molar-refractivity contribution < 1.29 is 32.3 Å². The lowest BCUT2D eigenvalue weighted by molar-refractivity contribution is -0.384. The maximum atomic E-state index is 13.9. The standard InChI is InChI=1S/C45H50ClN7O8S/c1-29-26-52(17-16-51(29)27-32-12-14-45(2,3)23-39(32)30-4-6-33(46)7-5-30)34-8-10-38(42(21-34)61-35-20-31-13-15-47-43(31)49-24-35)44(54)50-62(57,58)37-9-11-40(41(22-37)53(55)56)48-25-36-28-59-18-19-60-36/h4-11,13,15,20-22,24,29,36,48H,12,14,16-19,23,25-28H2,1-3H3,(H,47,49)(H,50,54)/t29-,36+/m1/s1. The number of amides is 1. The lowest BCUT2D eigenvalue weighted by Crippen LogP contribution is -2.52. The maximum absolute atomic E-state index is 13.9. The second-order valence-corrected chi connectivity index (χ2v) is 19.0. The van der Waals surface area contributed by atoms with Gasteiger partial charge in [0.05, 0.1) is 47.5 Å². The number of ether oxygens (including phenoxy) is 3. The van der Waals surface area contributed by atoms with E-state index in [1.807, 2.05) is 18.2 Å². The minimum absolute atomic E-state index is 0.0532. The first kappa shape index (κ1) is 43.1. The highest BCUT2D eigenvalue weighted by Crippen LogP contribution is 2.44. The number of benzene rings is 3. The van der Waals surface area contributed by atoms with Crippen molar-refractivity contribution in [3.8, 4) is 11.5 Å². The molecular weight excluding hydrogens is 834 g/mol. The number of sulfonamides is 1. The van der Waals surface area contributed by atoms with Gasteiger partial charge in [-0.05, 0) is 91.3 Å². The van der Waals surface area contributed by atoms with E-state index in [-0.39, 0.29) is 41.1 Å². The number of anilines is 2. The summed E-state index contributed by atoms with van der Waals surface area (Å²) < 4.78 is 46.8. The molecule has 3 aliphatic rings. The van der Waals surface area contributed by atoms with Gasteiger partial charge in [-0.2, -0.15) is 0 Å². The number of pyridine rings is 1. The number of carbonyl (C=O) groups is 1. The van der Waals surface area contributed by atoms with Crippen LogP contribution >= 0.6 is 11.6 Å². The van der Waals surface area contributed by atoms with Gasteiger partial charge in [0, 0.05) is 73.2 Å². The van der Waals surface area contributed by atoms with Crippen molar-refractivity contribution in [2.24, 2.45) is 5.41 Å². The van der Waals surface area contributed by atoms with Gasteiger partial charge in [-0.3, -0.25) is 19.8 Å². The topological polar surface area (TPSA) is 181 Å². The molecule has 1 aliphatic carbocycles. The van der Waals surface area contributed by atoms with Crippen LogP contribution in [0.2, 0.25) is 5.02 Å². The molecule has 3 N–H and O–H groups in total. The summed E-state index contributed by atoms with van der Waals surface area (Å²) in [6.45, 7) is 11.4. The Hall–Kier alpha value is -5.52. The molecule has 2 saturated heterocycles. The Morgan fingerprint density at radius 2 is 1.90 bits per heavy atom. The zero-order chi connectivity index (χ0) is 43.6. The molecule has 3 aromatic carbocycles. The van der Waals surface area contributed by atoms with E-state index >= 15 is 0 Å². The molecule has 0 spiro atoms. The van der Waals surface area contributed by atoms with E-state index in [4.69, 9.17) is 25.8 Å². The molecule has 326 valence electrons. The first-order chi connectivity index (χ1) is 29.7. The number of halogens is 1. The highest BCUT2D eigenvalue weighted by atomic mass is 35.5. The van der Waals surface area contributed by atoms with Crippen LogP contribution in [0.4, 0.5) is 17.1 Å². The number of hydrogen-bond donors (Lipinski definition) is 3. The van der Waals surface area contributed by atoms with E-state index in [0.717, 1.165) is 54.5 Å². The van der Waals surface area contributed by atoms with Crippen LogP contribution in [0.25, 0.3) is 16.6 Å². The number of nitro benzene ring substituents is 1. The molecule has 1 amide bonds. The third kappa shape index (κ3) is 9.90. The Bertz CT molecular complexity index is 2610. The molecule has 0 saturated carbocycles. The lowest BCUT2D eigenvalue weighted by atomic mass is 9.72. The zero-order valence-electron chi connectivity index (χ0n) is 34.9. The largest absolute Gasteiger partial charge is 0.455 e. The fourth-order valence-corrected chi connectivity index (χ4v) is 9.46. The van der Waals surface area contributed by atoms with Gasteiger partial charge in [-0.25, -0.2) is 18.1 Å². The number of aromatic nitrogens is 2. The van der Waals surface area contributed by atoms with E-state index in [1.165, 1.54) is 41.1 Å². The monoisotopic (exact) mass is 883 g/mol. The number of carbonyl (C=O) groups excluding carboxylic acids is 1. The van der Waals surface area contributed by atoms with Crippen LogP contribution < -0.4 is 19.7 Å². The summed E-state index contributed by atoms with van der Waals surface area (Å²) in [6, 6.07) is 20.4.